The molecule has 5 nitrogen and oxygen atoms in total. The first kappa shape index (κ1) is 14.1. The third-order valence-corrected chi connectivity index (χ3v) is 3.60. The van der Waals surface area contributed by atoms with Gasteiger partial charge in [-0.3, -0.25) is 4.79 Å². The summed E-state index contributed by atoms with van der Waals surface area (Å²) >= 11 is 0. The lowest BCUT2D eigenvalue weighted by Crippen LogP contribution is -2.29. The number of hydrogen-bond acceptors (Lipinski definition) is 3. The Morgan fingerprint density at radius 2 is 2.47 bits per heavy atom. The molecule has 0 aliphatic carbocycles. The summed E-state index contributed by atoms with van der Waals surface area (Å²) in [4.78, 5) is 17.7. The van der Waals surface area contributed by atoms with Gasteiger partial charge in [-0.15, -0.1) is 0 Å². The summed E-state index contributed by atoms with van der Waals surface area (Å²) in [5.41, 5.74) is 0. The third-order valence-electron chi connectivity index (χ3n) is 3.60. The molecule has 0 bridgehead atoms. The van der Waals surface area contributed by atoms with Crippen LogP contribution in [0.1, 0.15) is 32.1 Å². The Labute approximate surface area is 114 Å². The first-order valence-corrected chi connectivity index (χ1v) is 7.07. The monoisotopic (exact) mass is 265 g/mol. The molecule has 0 N–H and O–H groups in total. The molecule has 1 atom stereocenters. The maximum Gasteiger partial charge on any atom is 0.222 e. The standard InChI is InChI=1S/C14H23N3O2/c1-16(9-6-13-4-3-11-19-13)14(18)5-2-8-17-10-7-15-12-17/h7,10,12-13H,2-6,8-9,11H2,1H3. The third kappa shape index (κ3) is 4.67. The van der Waals surface area contributed by atoms with Gasteiger partial charge in [-0.05, 0) is 25.7 Å². The first-order valence-electron chi connectivity index (χ1n) is 7.07. The highest BCUT2D eigenvalue weighted by Gasteiger charge is 2.17. The van der Waals surface area contributed by atoms with E-state index >= 15 is 0 Å². The zero-order valence-electron chi connectivity index (χ0n) is 11.6. The van der Waals surface area contributed by atoms with Crippen molar-refractivity contribution in [3.63, 3.8) is 0 Å². The molecule has 1 fully saturated rings. The van der Waals surface area contributed by atoms with Crippen LogP contribution >= 0.6 is 0 Å². The van der Waals surface area contributed by atoms with Gasteiger partial charge in [0, 0.05) is 45.6 Å². The number of aromatic nitrogens is 2. The minimum atomic E-state index is 0.220. The second kappa shape index (κ2) is 7.28. The molecule has 0 radical (unpaired) electrons. The fourth-order valence-electron chi connectivity index (χ4n) is 2.36. The smallest absolute Gasteiger partial charge is 0.222 e. The van der Waals surface area contributed by atoms with Crippen molar-refractivity contribution in [2.24, 2.45) is 0 Å². The predicted molar refractivity (Wildman–Crippen MR) is 72.7 cm³/mol. The van der Waals surface area contributed by atoms with Gasteiger partial charge in [0.15, 0.2) is 0 Å². The molecule has 1 aromatic rings. The molecular formula is C14H23N3O2. The number of hydrogen-bond donors (Lipinski definition) is 0. The summed E-state index contributed by atoms with van der Waals surface area (Å²) < 4.78 is 7.56. The van der Waals surface area contributed by atoms with E-state index in [9.17, 15) is 4.79 Å². The van der Waals surface area contributed by atoms with E-state index in [2.05, 4.69) is 4.98 Å². The van der Waals surface area contributed by atoms with Crippen LogP contribution in [-0.2, 0) is 16.1 Å². The predicted octanol–water partition coefficient (Wildman–Crippen LogP) is 1.69. The van der Waals surface area contributed by atoms with Gasteiger partial charge in [0.2, 0.25) is 5.91 Å². The van der Waals surface area contributed by atoms with Gasteiger partial charge in [-0.2, -0.15) is 0 Å². The number of ether oxygens (including phenoxy) is 1. The molecule has 0 aromatic carbocycles. The van der Waals surface area contributed by atoms with Crippen LogP contribution in [0.4, 0.5) is 0 Å². The Kier molecular flexibility index (Phi) is 5.39. The number of imidazole rings is 1. The molecular weight excluding hydrogens is 242 g/mol. The average molecular weight is 265 g/mol. The lowest BCUT2D eigenvalue weighted by molar-refractivity contribution is -0.130. The van der Waals surface area contributed by atoms with Gasteiger partial charge >= 0.3 is 0 Å². The quantitative estimate of drug-likeness (QED) is 0.753. The molecule has 19 heavy (non-hydrogen) atoms. The summed E-state index contributed by atoms with van der Waals surface area (Å²) in [6.45, 7) is 2.53. The van der Waals surface area contributed by atoms with Crippen molar-refractivity contribution < 1.29 is 9.53 Å². The second-order valence-corrected chi connectivity index (χ2v) is 5.14. The van der Waals surface area contributed by atoms with E-state index in [-0.39, 0.29) is 5.91 Å². The Hall–Kier alpha value is -1.36. The van der Waals surface area contributed by atoms with E-state index in [0.29, 0.717) is 12.5 Å². The van der Waals surface area contributed by atoms with Crippen molar-refractivity contribution in [1.29, 1.82) is 0 Å². The van der Waals surface area contributed by atoms with Crippen LogP contribution in [0.3, 0.4) is 0 Å². The fourth-order valence-corrected chi connectivity index (χ4v) is 2.36. The molecule has 106 valence electrons. The largest absolute Gasteiger partial charge is 0.378 e. The van der Waals surface area contributed by atoms with E-state index in [1.807, 2.05) is 22.7 Å². The number of rotatable bonds is 7. The van der Waals surface area contributed by atoms with Crippen LogP contribution in [0.25, 0.3) is 0 Å². The zero-order valence-corrected chi connectivity index (χ0v) is 11.6. The van der Waals surface area contributed by atoms with Crippen molar-refractivity contribution in [2.45, 2.75) is 44.8 Å². The minimum absolute atomic E-state index is 0.220. The maximum absolute atomic E-state index is 11.9. The highest BCUT2D eigenvalue weighted by atomic mass is 16.5. The lowest BCUT2D eigenvalue weighted by Gasteiger charge is -2.19. The van der Waals surface area contributed by atoms with Gasteiger partial charge in [-0.25, -0.2) is 4.98 Å². The van der Waals surface area contributed by atoms with Gasteiger partial charge in [0.1, 0.15) is 0 Å². The summed E-state index contributed by atoms with van der Waals surface area (Å²) in [7, 11) is 1.88. The molecule has 1 amide bonds. The van der Waals surface area contributed by atoms with Crippen LogP contribution in [-0.4, -0.2) is 46.7 Å². The number of carbonyl (C=O) groups is 1. The Balaban J connectivity index is 1.58. The van der Waals surface area contributed by atoms with Crippen LogP contribution in [0.2, 0.25) is 0 Å². The topological polar surface area (TPSA) is 47.4 Å². The van der Waals surface area contributed by atoms with Crippen molar-refractivity contribution in [2.75, 3.05) is 20.2 Å². The molecule has 0 saturated carbocycles. The molecule has 2 rings (SSSR count). The molecule has 1 aliphatic heterocycles. The second-order valence-electron chi connectivity index (χ2n) is 5.14. The van der Waals surface area contributed by atoms with Gasteiger partial charge in [0.05, 0.1) is 12.4 Å². The molecule has 5 heteroatoms. The molecule has 0 spiro atoms. The van der Waals surface area contributed by atoms with Gasteiger partial charge in [0.25, 0.3) is 0 Å². The number of nitrogens with zero attached hydrogens (tertiary/aromatic N) is 3. The van der Waals surface area contributed by atoms with E-state index in [1.165, 1.54) is 0 Å². The van der Waals surface area contributed by atoms with Crippen molar-refractivity contribution in [1.82, 2.24) is 14.5 Å². The van der Waals surface area contributed by atoms with Crippen LogP contribution in [0.5, 0.6) is 0 Å². The van der Waals surface area contributed by atoms with Crippen LogP contribution in [0, 0.1) is 0 Å². The normalized spacial score (nSPS) is 18.7. The summed E-state index contributed by atoms with van der Waals surface area (Å²) in [5, 5.41) is 0. The molecule has 1 aliphatic rings. The van der Waals surface area contributed by atoms with Crippen LogP contribution in [0.15, 0.2) is 18.7 Å². The highest BCUT2D eigenvalue weighted by Crippen LogP contribution is 2.15. The average Bonchev–Trinajstić information content (AvgIpc) is 3.08. The molecule has 1 aromatic heterocycles. The Bertz CT molecular complexity index is 372. The highest BCUT2D eigenvalue weighted by molar-refractivity contribution is 5.75. The zero-order chi connectivity index (χ0) is 13.5. The summed E-state index contributed by atoms with van der Waals surface area (Å²) in [6, 6.07) is 0. The van der Waals surface area contributed by atoms with Gasteiger partial charge < -0.3 is 14.2 Å². The number of carbonyl (C=O) groups excluding carboxylic acids is 1. The minimum Gasteiger partial charge on any atom is -0.378 e. The Morgan fingerprint density at radius 1 is 1.58 bits per heavy atom. The van der Waals surface area contributed by atoms with Gasteiger partial charge in [-0.1, -0.05) is 0 Å². The molecule has 1 saturated heterocycles. The Morgan fingerprint density at radius 3 is 3.16 bits per heavy atom. The maximum atomic E-state index is 11.9. The summed E-state index contributed by atoms with van der Waals surface area (Å²) in [6.07, 6.45) is 10.5. The van der Waals surface area contributed by atoms with E-state index in [0.717, 1.165) is 45.4 Å². The fraction of sp³-hybridized carbons (Fsp3) is 0.714. The summed E-state index contributed by atoms with van der Waals surface area (Å²) in [5.74, 6) is 0.220. The number of aryl methyl sites for hydroxylation is 1. The van der Waals surface area contributed by atoms with E-state index < -0.39 is 0 Å². The molecule has 2 heterocycles. The van der Waals surface area contributed by atoms with Crippen molar-refractivity contribution in [3.8, 4) is 0 Å². The lowest BCUT2D eigenvalue weighted by atomic mass is 10.1. The SMILES string of the molecule is CN(CCC1CCCO1)C(=O)CCCn1ccnc1. The number of amides is 1. The van der Waals surface area contributed by atoms with Crippen molar-refractivity contribution in [3.05, 3.63) is 18.7 Å². The van der Waals surface area contributed by atoms with Crippen LogP contribution < -0.4 is 0 Å². The van der Waals surface area contributed by atoms with Crippen molar-refractivity contribution >= 4 is 5.91 Å². The molecule has 1 unspecified atom stereocenters. The van der Waals surface area contributed by atoms with E-state index in [1.54, 1.807) is 12.5 Å². The first-order chi connectivity index (χ1) is 9.25. The van der Waals surface area contributed by atoms with E-state index in [4.69, 9.17) is 4.74 Å².